The van der Waals surface area contributed by atoms with Gasteiger partial charge in [0.2, 0.25) is 0 Å². The Morgan fingerprint density at radius 2 is 1.77 bits per heavy atom. The van der Waals surface area contributed by atoms with Gasteiger partial charge < -0.3 is 4.74 Å². The third kappa shape index (κ3) is 2.80. The zero-order chi connectivity index (χ0) is 15.4. The molecule has 0 radical (unpaired) electrons. The van der Waals surface area contributed by atoms with E-state index in [0.29, 0.717) is 17.2 Å². The van der Waals surface area contributed by atoms with E-state index in [1.807, 2.05) is 30.3 Å². The van der Waals surface area contributed by atoms with Gasteiger partial charge >= 0.3 is 5.97 Å². The lowest BCUT2D eigenvalue weighted by molar-refractivity contribution is 0.0594. The number of nitrogens with zero attached hydrogens (tertiary/aromatic N) is 4. The van der Waals surface area contributed by atoms with Gasteiger partial charge in [0.05, 0.1) is 13.3 Å². The number of carbonyl (C=O) groups excluding carboxylic acids is 1. The van der Waals surface area contributed by atoms with E-state index in [2.05, 4.69) is 24.9 Å². The van der Waals surface area contributed by atoms with E-state index in [9.17, 15) is 4.79 Å². The number of benzene rings is 1. The molecule has 3 aromatic rings. The number of aromatic nitrogens is 4. The lowest BCUT2D eigenvalue weighted by Crippen LogP contribution is -2.05. The molecule has 0 aliphatic heterocycles. The van der Waals surface area contributed by atoms with Crippen molar-refractivity contribution in [2.75, 3.05) is 7.11 Å². The van der Waals surface area contributed by atoms with Crippen molar-refractivity contribution in [2.45, 2.75) is 0 Å². The highest BCUT2D eigenvalue weighted by Gasteiger charge is 2.11. The monoisotopic (exact) mass is 292 g/mol. The van der Waals surface area contributed by atoms with Crippen LogP contribution in [0.2, 0.25) is 0 Å². The number of ether oxygens (including phenoxy) is 1. The standard InChI is InChI=1S/C16H12N4O2/c1-22-16(21)13-9-5-8-12(18-13)15-17-10-14(19-20-15)11-6-3-2-4-7-11/h2-10H,1H3. The molecule has 6 nitrogen and oxygen atoms in total. The minimum Gasteiger partial charge on any atom is -0.464 e. The normalized spacial score (nSPS) is 10.2. The molecule has 0 aliphatic rings. The maximum absolute atomic E-state index is 11.5. The summed E-state index contributed by atoms with van der Waals surface area (Å²) in [4.78, 5) is 19.9. The van der Waals surface area contributed by atoms with Gasteiger partial charge in [-0.05, 0) is 12.1 Å². The molecule has 0 bridgehead atoms. The summed E-state index contributed by atoms with van der Waals surface area (Å²) in [6, 6.07) is 14.6. The van der Waals surface area contributed by atoms with Crippen LogP contribution in [0, 0.1) is 0 Å². The van der Waals surface area contributed by atoms with E-state index >= 15 is 0 Å². The van der Waals surface area contributed by atoms with E-state index in [1.54, 1.807) is 24.4 Å². The molecule has 1 aromatic carbocycles. The summed E-state index contributed by atoms with van der Waals surface area (Å²) in [5.74, 6) is -0.152. The van der Waals surface area contributed by atoms with Crippen molar-refractivity contribution in [2.24, 2.45) is 0 Å². The highest BCUT2D eigenvalue weighted by atomic mass is 16.5. The number of methoxy groups -OCH3 is 1. The van der Waals surface area contributed by atoms with Crippen LogP contribution in [0.25, 0.3) is 22.8 Å². The highest BCUT2D eigenvalue weighted by molar-refractivity contribution is 5.87. The Morgan fingerprint density at radius 1 is 0.955 bits per heavy atom. The average molecular weight is 292 g/mol. The molecule has 0 spiro atoms. The fourth-order valence-corrected chi connectivity index (χ4v) is 1.91. The van der Waals surface area contributed by atoms with Crippen molar-refractivity contribution in [3.05, 3.63) is 60.4 Å². The van der Waals surface area contributed by atoms with Gasteiger partial charge in [0.15, 0.2) is 5.82 Å². The molecule has 2 aromatic heterocycles. The van der Waals surface area contributed by atoms with Gasteiger partial charge in [-0.15, -0.1) is 10.2 Å². The fraction of sp³-hybridized carbons (Fsp3) is 0.0625. The van der Waals surface area contributed by atoms with Gasteiger partial charge in [-0.1, -0.05) is 36.4 Å². The zero-order valence-corrected chi connectivity index (χ0v) is 11.8. The predicted octanol–water partition coefficient (Wildman–Crippen LogP) is 2.39. The van der Waals surface area contributed by atoms with Crippen molar-refractivity contribution in [1.29, 1.82) is 0 Å². The smallest absolute Gasteiger partial charge is 0.356 e. The van der Waals surface area contributed by atoms with Crippen LogP contribution in [0.4, 0.5) is 0 Å². The van der Waals surface area contributed by atoms with Crippen molar-refractivity contribution in [3.63, 3.8) is 0 Å². The van der Waals surface area contributed by atoms with Crippen LogP contribution in [0.5, 0.6) is 0 Å². The minimum atomic E-state index is -0.504. The van der Waals surface area contributed by atoms with E-state index in [0.717, 1.165) is 5.56 Å². The first kappa shape index (κ1) is 13.8. The summed E-state index contributed by atoms with van der Waals surface area (Å²) in [5, 5.41) is 8.23. The van der Waals surface area contributed by atoms with Crippen LogP contribution in [-0.2, 0) is 4.74 Å². The van der Waals surface area contributed by atoms with Crippen molar-refractivity contribution in [1.82, 2.24) is 20.2 Å². The molecule has 22 heavy (non-hydrogen) atoms. The van der Waals surface area contributed by atoms with E-state index in [1.165, 1.54) is 7.11 Å². The molecule has 0 fully saturated rings. The first-order valence-electron chi connectivity index (χ1n) is 6.59. The Bertz CT molecular complexity index is 789. The largest absolute Gasteiger partial charge is 0.464 e. The molecule has 0 saturated carbocycles. The third-order valence-electron chi connectivity index (χ3n) is 3.00. The SMILES string of the molecule is COC(=O)c1cccc(-c2ncc(-c3ccccc3)nn2)n1. The quantitative estimate of drug-likeness (QED) is 0.690. The highest BCUT2D eigenvalue weighted by Crippen LogP contribution is 2.17. The molecule has 3 rings (SSSR count). The van der Waals surface area contributed by atoms with Crippen LogP contribution in [0.1, 0.15) is 10.5 Å². The van der Waals surface area contributed by atoms with Gasteiger partial charge in [0.1, 0.15) is 17.1 Å². The molecule has 0 atom stereocenters. The Hall–Kier alpha value is -3.15. The van der Waals surface area contributed by atoms with Crippen LogP contribution >= 0.6 is 0 Å². The molecule has 0 amide bonds. The third-order valence-corrected chi connectivity index (χ3v) is 3.00. The number of hydrogen-bond acceptors (Lipinski definition) is 6. The average Bonchev–Trinajstić information content (AvgIpc) is 2.62. The van der Waals surface area contributed by atoms with Crippen molar-refractivity contribution < 1.29 is 9.53 Å². The van der Waals surface area contributed by atoms with E-state index in [4.69, 9.17) is 0 Å². The molecular formula is C16H12N4O2. The molecule has 0 aliphatic carbocycles. The molecule has 6 heteroatoms. The predicted molar refractivity (Wildman–Crippen MR) is 79.8 cm³/mol. The summed E-state index contributed by atoms with van der Waals surface area (Å²) >= 11 is 0. The lowest BCUT2D eigenvalue weighted by atomic mass is 10.2. The number of carbonyl (C=O) groups is 1. The molecule has 0 saturated heterocycles. The van der Waals surface area contributed by atoms with Crippen LogP contribution in [0.15, 0.2) is 54.7 Å². The van der Waals surface area contributed by atoms with Crippen LogP contribution in [-0.4, -0.2) is 33.2 Å². The second-order valence-electron chi connectivity index (χ2n) is 4.43. The first-order chi connectivity index (χ1) is 10.8. The van der Waals surface area contributed by atoms with Crippen molar-refractivity contribution in [3.8, 4) is 22.8 Å². The maximum Gasteiger partial charge on any atom is 0.356 e. The van der Waals surface area contributed by atoms with Gasteiger partial charge in [0, 0.05) is 5.56 Å². The summed E-state index contributed by atoms with van der Waals surface area (Å²) in [6.45, 7) is 0. The fourth-order valence-electron chi connectivity index (χ4n) is 1.91. The van der Waals surface area contributed by atoms with Gasteiger partial charge in [-0.3, -0.25) is 0 Å². The Labute approximate surface area is 126 Å². The van der Waals surface area contributed by atoms with Gasteiger partial charge in [0.25, 0.3) is 0 Å². The summed E-state index contributed by atoms with van der Waals surface area (Å²) < 4.78 is 4.65. The number of rotatable bonds is 3. The Kier molecular flexibility index (Phi) is 3.82. The summed E-state index contributed by atoms with van der Waals surface area (Å²) in [7, 11) is 1.31. The van der Waals surface area contributed by atoms with E-state index < -0.39 is 5.97 Å². The maximum atomic E-state index is 11.5. The number of hydrogen-bond donors (Lipinski definition) is 0. The minimum absolute atomic E-state index is 0.204. The number of esters is 1. The Morgan fingerprint density at radius 3 is 2.45 bits per heavy atom. The Balaban J connectivity index is 1.92. The van der Waals surface area contributed by atoms with Gasteiger partial charge in [-0.2, -0.15) is 0 Å². The zero-order valence-electron chi connectivity index (χ0n) is 11.8. The topological polar surface area (TPSA) is 77.9 Å². The molecule has 0 unspecified atom stereocenters. The second kappa shape index (κ2) is 6.09. The first-order valence-corrected chi connectivity index (χ1v) is 6.59. The number of pyridine rings is 1. The summed E-state index contributed by atoms with van der Waals surface area (Å²) in [6.07, 6.45) is 1.63. The molecule has 0 N–H and O–H groups in total. The second-order valence-corrected chi connectivity index (χ2v) is 4.43. The van der Waals surface area contributed by atoms with E-state index in [-0.39, 0.29) is 5.69 Å². The summed E-state index contributed by atoms with van der Waals surface area (Å²) in [5.41, 5.74) is 2.28. The molecule has 2 heterocycles. The van der Waals surface area contributed by atoms with Gasteiger partial charge in [-0.25, -0.2) is 14.8 Å². The van der Waals surface area contributed by atoms with Crippen LogP contribution in [0.3, 0.4) is 0 Å². The van der Waals surface area contributed by atoms with Crippen LogP contribution < -0.4 is 0 Å². The van der Waals surface area contributed by atoms with Crippen molar-refractivity contribution >= 4 is 5.97 Å². The lowest BCUT2D eigenvalue weighted by Gasteiger charge is -2.03. The molecule has 108 valence electrons. The molecular weight excluding hydrogens is 280 g/mol.